The fraction of sp³-hybridized carbons (Fsp3) is 0.375. The molecule has 0 atom stereocenters. The molecule has 0 saturated heterocycles. The standard InChI is InChI=1S/C8H9N5S/c9-6-5-7(11-4-10-6)13-2-1-3-14-8(13)12-5/h4H,1-3H2,(H2,9,10,11). The minimum absolute atomic E-state index is 0.470. The van der Waals surface area contributed by atoms with Gasteiger partial charge in [-0.15, -0.1) is 0 Å². The molecule has 6 heteroatoms. The van der Waals surface area contributed by atoms with E-state index < -0.39 is 0 Å². The van der Waals surface area contributed by atoms with Crippen LogP contribution >= 0.6 is 11.8 Å². The first-order chi connectivity index (χ1) is 6.86. The maximum Gasteiger partial charge on any atom is 0.170 e. The van der Waals surface area contributed by atoms with Crippen LogP contribution in [0, 0.1) is 0 Å². The number of thioether (sulfide) groups is 1. The minimum Gasteiger partial charge on any atom is -0.382 e. The Morgan fingerprint density at radius 2 is 2.36 bits per heavy atom. The van der Waals surface area contributed by atoms with Gasteiger partial charge in [0, 0.05) is 12.3 Å². The number of rotatable bonds is 0. The zero-order valence-electron chi connectivity index (χ0n) is 7.47. The predicted molar refractivity (Wildman–Crippen MR) is 55.1 cm³/mol. The molecular weight excluding hydrogens is 198 g/mol. The van der Waals surface area contributed by atoms with Gasteiger partial charge in [0.15, 0.2) is 22.1 Å². The van der Waals surface area contributed by atoms with Crippen molar-refractivity contribution in [1.29, 1.82) is 0 Å². The minimum atomic E-state index is 0.470. The van der Waals surface area contributed by atoms with Crippen LogP contribution in [0.5, 0.6) is 0 Å². The number of nitrogens with zero attached hydrogens (tertiary/aromatic N) is 4. The number of fused-ring (bicyclic) bond motifs is 3. The average Bonchev–Trinajstić information content (AvgIpc) is 2.59. The number of nitrogens with two attached hydrogens (primary N) is 1. The Morgan fingerprint density at radius 1 is 1.43 bits per heavy atom. The second-order valence-corrected chi connectivity index (χ2v) is 4.24. The van der Waals surface area contributed by atoms with Gasteiger partial charge in [-0.2, -0.15) is 0 Å². The third-order valence-electron chi connectivity index (χ3n) is 2.28. The van der Waals surface area contributed by atoms with Crippen molar-refractivity contribution >= 4 is 28.7 Å². The van der Waals surface area contributed by atoms with Gasteiger partial charge >= 0.3 is 0 Å². The summed E-state index contributed by atoms with van der Waals surface area (Å²) in [6.45, 7) is 0.981. The highest BCUT2D eigenvalue weighted by molar-refractivity contribution is 7.99. The van der Waals surface area contributed by atoms with E-state index >= 15 is 0 Å². The Morgan fingerprint density at radius 3 is 3.29 bits per heavy atom. The summed E-state index contributed by atoms with van der Waals surface area (Å²) in [7, 11) is 0. The van der Waals surface area contributed by atoms with Gasteiger partial charge in [-0.3, -0.25) is 0 Å². The first-order valence-electron chi connectivity index (χ1n) is 4.46. The summed E-state index contributed by atoms with van der Waals surface area (Å²) in [5.74, 6) is 1.59. The smallest absolute Gasteiger partial charge is 0.170 e. The van der Waals surface area contributed by atoms with Gasteiger partial charge in [0.1, 0.15) is 6.33 Å². The van der Waals surface area contributed by atoms with E-state index in [2.05, 4.69) is 19.5 Å². The van der Waals surface area contributed by atoms with E-state index in [1.807, 2.05) is 0 Å². The molecule has 0 unspecified atom stereocenters. The normalized spacial score (nSPS) is 15.7. The van der Waals surface area contributed by atoms with Crippen molar-refractivity contribution in [2.45, 2.75) is 18.1 Å². The van der Waals surface area contributed by atoms with Crippen LogP contribution in [-0.2, 0) is 6.54 Å². The SMILES string of the molecule is Nc1ncnc2c1nc1n2CCCS1. The maximum atomic E-state index is 5.73. The van der Waals surface area contributed by atoms with Gasteiger partial charge in [0.05, 0.1) is 0 Å². The highest BCUT2D eigenvalue weighted by Crippen LogP contribution is 2.28. The van der Waals surface area contributed by atoms with Crippen molar-refractivity contribution in [3.05, 3.63) is 6.33 Å². The van der Waals surface area contributed by atoms with E-state index in [9.17, 15) is 0 Å². The average molecular weight is 207 g/mol. The number of hydrogen-bond acceptors (Lipinski definition) is 5. The molecule has 0 saturated carbocycles. The first-order valence-corrected chi connectivity index (χ1v) is 5.44. The van der Waals surface area contributed by atoms with Crippen molar-refractivity contribution in [1.82, 2.24) is 19.5 Å². The number of nitrogen functional groups attached to an aromatic ring is 1. The van der Waals surface area contributed by atoms with E-state index in [1.54, 1.807) is 11.8 Å². The zero-order chi connectivity index (χ0) is 9.54. The van der Waals surface area contributed by atoms with Crippen molar-refractivity contribution in [2.24, 2.45) is 0 Å². The van der Waals surface area contributed by atoms with E-state index in [4.69, 9.17) is 5.73 Å². The van der Waals surface area contributed by atoms with Crippen molar-refractivity contribution < 1.29 is 0 Å². The molecular formula is C8H9N5S. The molecule has 14 heavy (non-hydrogen) atoms. The maximum absolute atomic E-state index is 5.73. The predicted octanol–water partition coefficient (Wildman–Crippen LogP) is 0.904. The third kappa shape index (κ3) is 1.00. The largest absolute Gasteiger partial charge is 0.382 e. The molecule has 3 rings (SSSR count). The van der Waals surface area contributed by atoms with Gasteiger partial charge in [0.25, 0.3) is 0 Å². The highest BCUT2D eigenvalue weighted by Gasteiger charge is 2.17. The number of aryl methyl sites for hydroxylation is 1. The van der Waals surface area contributed by atoms with Crippen LogP contribution in [-0.4, -0.2) is 25.3 Å². The van der Waals surface area contributed by atoms with Crippen molar-refractivity contribution in [3.63, 3.8) is 0 Å². The monoisotopic (exact) mass is 207 g/mol. The van der Waals surface area contributed by atoms with Crippen LogP contribution in [0.3, 0.4) is 0 Å². The molecule has 0 radical (unpaired) electrons. The second-order valence-electron chi connectivity index (χ2n) is 3.18. The highest BCUT2D eigenvalue weighted by atomic mass is 32.2. The topological polar surface area (TPSA) is 69.6 Å². The van der Waals surface area contributed by atoms with Gasteiger partial charge in [-0.05, 0) is 6.42 Å². The molecule has 3 heterocycles. The fourth-order valence-electron chi connectivity index (χ4n) is 1.63. The Kier molecular flexibility index (Phi) is 1.63. The second kappa shape index (κ2) is 2.84. The van der Waals surface area contributed by atoms with E-state index in [1.165, 1.54) is 6.33 Å². The molecule has 0 fully saturated rings. The molecule has 2 N–H and O–H groups in total. The summed E-state index contributed by atoms with van der Waals surface area (Å²) in [6, 6.07) is 0. The quantitative estimate of drug-likeness (QED) is 0.695. The van der Waals surface area contributed by atoms with Crippen LogP contribution in [0.4, 0.5) is 5.82 Å². The Hall–Kier alpha value is -1.30. The Labute approximate surface area is 84.7 Å². The van der Waals surface area contributed by atoms with Crippen LogP contribution in [0.1, 0.15) is 6.42 Å². The molecule has 72 valence electrons. The summed E-state index contributed by atoms with van der Waals surface area (Å²) in [6.07, 6.45) is 2.65. The summed E-state index contributed by atoms with van der Waals surface area (Å²) in [4.78, 5) is 12.6. The molecule has 0 spiro atoms. The molecule has 2 aromatic rings. The van der Waals surface area contributed by atoms with Crippen LogP contribution in [0.15, 0.2) is 11.5 Å². The Bertz CT molecular complexity index is 492. The molecule has 0 amide bonds. The number of anilines is 1. The zero-order valence-corrected chi connectivity index (χ0v) is 8.29. The lowest BCUT2D eigenvalue weighted by molar-refractivity contribution is 0.619. The fourth-order valence-corrected chi connectivity index (χ4v) is 2.58. The van der Waals surface area contributed by atoms with Gasteiger partial charge < -0.3 is 10.3 Å². The first kappa shape index (κ1) is 8.05. The molecule has 0 bridgehead atoms. The molecule has 0 aromatic carbocycles. The summed E-state index contributed by atoms with van der Waals surface area (Å²) < 4.78 is 2.11. The lowest BCUT2D eigenvalue weighted by Gasteiger charge is -2.12. The molecule has 1 aliphatic rings. The van der Waals surface area contributed by atoms with E-state index in [-0.39, 0.29) is 0 Å². The van der Waals surface area contributed by atoms with Gasteiger partial charge in [-0.1, -0.05) is 11.8 Å². The number of imidazole rings is 1. The molecule has 0 aliphatic carbocycles. The van der Waals surface area contributed by atoms with Gasteiger partial charge in [-0.25, -0.2) is 15.0 Å². The Balaban J connectivity index is 2.36. The molecule has 5 nitrogen and oxygen atoms in total. The molecule has 2 aromatic heterocycles. The van der Waals surface area contributed by atoms with Gasteiger partial charge in [0.2, 0.25) is 0 Å². The van der Waals surface area contributed by atoms with Crippen LogP contribution < -0.4 is 5.73 Å². The van der Waals surface area contributed by atoms with Crippen LogP contribution in [0.25, 0.3) is 11.2 Å². The number of hydrogen-bond donors (Lipinski definition) is 1. The lowest BCUT2D eigenvalue weighted by atomic mass is 10.4. The summed E-state index contributed by atoms with van der Waals surface area (Å²) in [5, 5.41) is 1.01. The lowest BCUT2D eigenvalue weighted by Crippen LogP contribution is -2.07. The third-order valence-corrected chi connectivity index (χ3v) is 3.35. The summed E-state index contributed by atoms with van der Waals surface area (Å²) >= 11 is 1.75. The van der Waals surface area contributed by atoms with E-state index in [0.717, 1.165) is 35.0 Å². The number of aromatic nitrogens is 4. The van der Waals surface area contributed by atoms with Crippen molar-refractivity contribution in [2.75, 3.05) is 11.5 Å². The van der Waals surface area contributed by atoms with E-state index in [0.29, 0.717) is 5.82 Å². The van der Waals surface area contributed by atoms with Crippen LogP contribution in [0.2, 0.25) is 0 Å². The van der Waals surface area contributed by atoms with Crippen molar-refractivity contribution in [3.8, 4) is 0 Å². The summed E-state index contributed by atoms with van der Waals surface area (Å²) in [5.41, 5.74) is 7.33. The molecule has 1 aliphatic heterocycles.